The number of nitrogens with two attached hydrogens (primary N) is 4. The number of carbonyl (C=O) groups is 5. The van der Waals surface area contributed by atoms with Gasteiger partial charge in [0.05, 0.1) is 97.7 Å². The molecule has 9 aromatic rings. The number of nitrogens with zero attached hydrogens (tertiary/aromatic N) is 10. The van der Waals surface area contributed by atoms with Crippen LogP contribution in [0.25, 0.3) is 38.6 Å². The topological polar surface area (TPSA) is 321 Å². The van der Waals surface area contributed by atoms with Crippen molar-refractivity contribution in [3.63, 3.8) is 0 Å². The van der Waals surface area contributed by atoms with Gasteiger partial charge in [0.1, 0.15) is 44.1 Å². The number of fused-ring (bicyclic) bond motifs is 4. The van der Waals surface area contributed by atoms with Crippen LogP contribution in [0.3, 0.4) is 0 Å². The van der Waals surface area contributed by atoms with E-state index in [9.17, 15) is 41.5 Å². The highest BCUT2D eigenvalue weighted by atomic mass is 127. The van der Waals surface area contributed by atoms with Crippen molar-refractivity contribution in [3.8, 4) is 33.8 Å². The molecule has 4 aromatic heterocycles. The van der Waals surface area contributed by atoms with Crippen LogP contribution < -0.4 is 33.7 Å². The van der Waals surface area contributed by atoms with Crippen molar-refractivity contribution in [3.05, 3.63) is 206 Å². The van der Waals surface area contributed by atoms with E-state index in [0.717, 1.165) is 90.6 Å². The molecule has 0 unspecified atom stereocenters. The minimum atomic E-state index is -1.60. The number of primary amides is 4. The summed E-state index contributed by atoms with van der Waals surface area (Å²) in [7, 11) is -1.60. The molecule has 0 saturated carbocycles. The fraction of sp³-hybridized carbons (Fsp3) is 0.238. The van der Waals surface area contributed by atoms with Crippen LogP contribution in [-0.2, 0) is 63.3 Å². The summed E-state index contributed by atoms with van der Waals surface area (Å²) in [6.07, 6.45) is 6.18. The highest BCUT2D eigenvalue weighted by Gasteiger charge is 2.31. The number of carbonyl (C=O) groups excluding carboxylic acids is 5. The normalized spacial score (nSPS) is 13.4. The molecule has 11 N–H and O–H groups in total. The lowest BCUT2D eigenvalue weighted by Crippen LogP contribution is -2.40. The summed E-state index contributed by atoms with van der Waals surface area (Å²) in [5, 5.41) is 37.8. The summed E-state index contributed by atoms with van der Waals surface area (Å²) < 4.78 is 60.4. The maximum Gasteiger partial charge on any atom is 0.488 e. The highest BCUT2D eigenvalue weighted by molar-refractivity contribution is 14.1. The summed E-state index contributed by atoms with van der Waals surface area (Å²) in [5.41, 5.74) is 31.0. The average Bonchev–Trinajstić information content (AvgIpc) is 1.66. The van der Waals surface area contributed by atoms with Gasteiger partial charge in [-0.3, -0.25) is 42.7 Å². The van der Waals surface area contributed by atoms with Crippen LogP contribution in [0.2, 0.25) is 20.1 Å². The van der Waals surface area contributed by atoms with Gasteiger partial charge in [0.15, 0.2) is 5.69 Å². The van der Waals surface area contributed by atoms with E-state index >= 15 is 0 Å². The lowest BCUT2D eigenvalue weighted by Gasteiger charge is -2.28. The van der Waals surface area contributed by atoms with Crippen LogP contribution in [0, 0.1) is 33.5 Å². The molecular weight excluding hydrogens is 1430 g/mol. The molecule has 95 heavy (non-hydrogen) atoms. The number of aromatic nitrogens is 8. The fourth-order valence-electron chi connectivity index (χ4n) is 10.9. The lowest BCUT2D eigenvalue weighted by atomic mass is 9.80. The molecule has 492 valence electrons. The van der Waals surface area contributed by atoms with E-state index in [1.807, 2.05) is 9.36 Å². The van der Waals surface area contributed by atoms with Crippen molar-refractivity contribution in [1.29, 1.82) is 0 Å². The Hall–Kier alpha value is -8.67. The second kappa shape index (κ2) is 31.3. The Kier molecular flexibility index (Phi) is 23.2. The Morgan fingerprint density at radius 2 is 0.958 bits per heavy atom. The number of aryl methyl sites for hydroxylation is 2. The van der Waals surface area contributed by atoms with Gasteiger partial charge in [0.2, 0.25) is 5.91 Å². The molecule has 22 nitrogen and oxygen atoms in total. The van der Waals surface area contributed by atoms with E-state index in [2.05, 4.69) is 53.1 Å². The van der Waals surface area contributed by atoms with Crippen molar-refractivity contribution in [2.24, 2.45) is 22.9 Å². The predicted molar refractivity (Wildman–Crippen MR) is 358 cm³/mol. The number of nitrogens with one attached hydrogen (secondary N) is 1. The molecular formula is C63H57BCl4F4IN15O7. The number of hydrogen-bond acceptors (Lipinski definition) is 12. The third-order valence-electron chi connectivity index (χ3n) is 15.6. The molecule has 4 aliphatic rings. The first kappa shape index (κ1) is 70.6. The maximum absolute atomic E-state index is 13.6. The van der Waals surface area contributed by atoms with E-state index in [1.165, 1.54) is 60.7 Å². The molecule has 5 amide bonds. The molecule has 0 atom stereocenters. The minimum absolute atomic E-state index is 0.00360. The minimum Gasteiger partial charge on any atom is -0.423 e. The maximum atomic E-state index is 13.6. The standard InChI is InChI=1S/C22H17ClFN5O2.C14H13ClFN3O.C13H12ClFN4O.C8H10IN3O.C6H5BClFO2/c1-26-15-5-2-13(3-6-15)10-19(30)28-8-9-29-18(12-28)20(22(25)31)21(27-29)14-4-7-17(24)16(23)11-14;15-9-7-8(4-5-10(9)16)13-12(14(17)20)11-3-1-2-6-19(11)18-13;14-8-5-7(1-2-9(8)15)12-11(13(16)20)10-6-17-3-4-19(10)18-12;9-7-6(8(10)13)5-3-1-2-4-12(5)11-7;8-5-3-4(7(10)11)1-2-6(5)9/h2-7,11H,8-10,12H2,(H2,25,31);4-5,7H,1-3,6H2,(H2,17,20);1-2,5,17H,3-4,6H2,(H2,16,20);1-4H2,(H2,10,13);1-3,10-11H. The quantitative estimate of drug-likeness (QED) is 0.0292. The van der Waals surface area contributed by atoms with Gasteiger partial charge in [-0.2, -0.15) is 20.4 Å². The summed E-state index contributed by atoms with van der Waals surface area (Å²) in [6.45, 7) is 11.6. The first-order valence-electron chi connectivity index (χ1n) is 29.2. The van der Waals surface area contributed by atoms with Crippen LogP contribution in [-0.4, -0.2) is 104 Å². The Morgan fingerprint density at radius 3 is 1.41 bits per heavy atom. The van der Waals surface area contributed by atoms with Crippen molar-refractivity contribution in [1.82, 2.24) is 49.3 Å². The van der Waals surface area contributed by atoms with Gasteiger partial charge < -0.3 is 43.2 Å². The van der Waals surface area contributed by atoms with Gasteiger partial charge in [-0.1, -0.05) is 76.7 Å². The number of amides is 5. The molecule has 8 heterocycles. The Balaban J connectivity index is 0.000000146. The second-order valence-corrected chi connectivity index (χ2v) is 24.4. The van der Waals surface area contributed by atoms with E-state index in [4.69, 9.17) is 86.0 Å². The SMILES string of the molecule is NC(=O)c1c(-c2ccc(F)c(Cl)c2)nn2c1CCCC2.NC(=O)c1c(-c2ccc(F)c(Cl)c2)nn2c1CNCC2.NC(=O)c1c(I)nn2c1CCCC2.OB(O)c1ccc(F)c(Cl)c1.[C-]#[N+]c1ccc(CC(=O)N2CCn3nc(-c4ccc(F)c(Cl)c4)c(C(N)=O)c3C2)cc1. The Morgan fingerprint density at radius 1 is 0.537 bits per heavy atom. The Labute approximate surface area is 574 Å². The van der Waals surface area contributed by atoms with E-state index in [1.54, 1.807) is 44.6 Å². The van der Waals surface area contributed by atoms with Crippen LogP contribution in [0.5, 0.6) is 0 Å². The highest BCUT2D eigenvalue weighted by Crippen LogP contribution is 2.34. The lowest BCUT2D eigenvalue weighted by molar-refractivity contribution is -0.132. The van der Waals surface area contributed by atoms with Crippen LogP contribution in [0.4, 0.5) is 23.2 Å². The number of halogens is 9. The first-order valence-corrected chi connectivity index (χ1v) is 31.8. The van der Waals surface area contributed by atoms with Gasteiger partial charge >= 0.3 is 7.12 Å². The first-order chi connectivity index (χ1) is 45.3. The smallest absolute Gasteiger partial charge is 0.423 e. The van der Waals surface area contributed by atoms with E-state index in [-0.39, 0.29) is 55.9 Å². The van der Waals surface area contributed by atoms with Crippen molar-refractivity contribution >= 4 is 117 Å². The zero-order valence-electron chi connectivity index (χ0n) is 50.0. The third-order valence-corrected chi connectivity index (χ3v) is 17.5. The zero-order valence-corrected chi connectivity index (χ0v) is 55.2. The summed E-state index contributed by atoms with van der Waals surface area (Å²) in [4.78, 5) is 64.6. The molecule has 0 aliphatic carbocycles. The number of hydrogen-bond donors (Lipinski definition) is 7. The molecule has 13 rings (SSSR count). The van der Waals surface area contributed by atoms with Gasteiger partial charge in [0.25, 0.3) is 23.6 Å². The Bertz CT molecular complexity index is 4370. The molecule has 0 saturated heterocycles. The average molecular weight is 1490 g/mol. The monoisotopic (exact) mass is 1490 g/mol. The third kappa shape index (κ3) is 16.5. The van der Waals surface area contributed by atoms with Gasteiger partial charge in [-0.25, -0.2) is 22.4 Å². The summed E-state index contributed by atoms with van der Waals surface area (Å²) in [6, 6.07) is 23.0. The van der Waals surface area contributed by atoms with Gasteiger partial charge in [0, 0.05) is 49.4 Å². The predicted octanol–water partition coefficient (Wildman–Crippen LogP) is 8.98. The number of benzene rings is 5. The number of rotatable bonds is 10. The zero-order chi connectivity index (χ0) is 68.5. The van der Waals surface area contributed by atoms with Crippen molar-refractivity contribution in [2.75, 3.05) is 13.1 Å². The summed E-state index contributed by atoms with van der Waals surface area (Å²) >= 11 is 24.9. The fourth-order valence-corrected chi connectivity index (χ4v) is 12.5. The molecule has 0 fully saturated rings. The van der Waals surface area contributed by atoms with Crippen LogP contribution in [0.1, 0.15) is 95.5 Å². The van der Waals surface area contributed by atoms with E-state index in [0.29, 0.717) is 88.0 Å². The van der Waals surface area contributed by atoms with Gasteiger partial charge in [-0.05, 0) is 139 Å². The van der Waals surface area contributed by atoms with Crippen molar-refractivity contribution in [2.45, 2.75) is 84.2 Å². The van der Waals surface area contributed by atoms with Crippen LogP contribution in [0.15, 0.2) is 97.1 Å². The largest absolute Gasteiger partial charge is 0.488 e. The molecule has 5 aromatic carbocycles. The summed E-state index contributed by atoms with van der Waals surface area (Å²) in [5.74, 6) is -4.36. The molecule has 0 spiro atoms. The van der Waals surface area contributed by atoms with Gasteiger partial charge in [-0.15, -0.1) is 0 Å². The van der Waals surface area contributed by atoms with E-state index < -0.39 is 48.1 Å². The van der Waals surface area contributed by atoms with Crippen LogP contribution >= 0.6 is 69.0 Å². The molecule has 32 heteroatoms. The molecule has 0 radical (unpaired) electrons. The molecule has 0 bridgehead atoms. The van der Waals surface area contributed by atoms with Crippen molar-refractivity contribution < 1.29 is 51.6 Å². The second-order valence-electron chi connectivity index (χ2n) is 21.8. The molecule has 4 aliphatic heterocycles.